The molecule has 0 aliphatic rings. The molecule has 0 spiro atoms. The number of thiazole rings is 1. The molecule has 8 nitrogen and oxygen atoms in total. The molecular formula is C19H20FN3O5S3. The molecule has 1 aromatic heterocycles. The number of nitrogens with two attached hydrogens (primary N) is 1. The molecule has 0 saturated heterocycles. The Labute approximate surface area is 182 Å². The van der Waals surface area contributed by atoms with Gasteiger partial charge in [-0.05, 0) is 48.9 Å². The molecular weight excluding hydrogens is 465 g/mol. The van der Waals surface area contributed by atoms with E-state index in [4.69, 9.17) is 5.14 Å². The highest BCUT2D eigenvalue weighted by Gasteiger charge is 2.17. The molecule has 3 rings (SSSR count). The minimum Gasteiger partial charge on any atom is -0.316 e. The Bertz CT molecular complexity index is 1410. The zero-order chi connectivity index (χ0) is 22.8. The minimum absolute atomic E-state index is 0.0480. The summed E-state index contributed by atoms with van der Waals surface area (Å²) >= 11 is 1.12. The van der Waals surface area contributed by atoms with Gasteiger partial charge in [-0.2, -0.15) is 4.99 Å². The van der Waals surface area contributed by atoms with E-state index >= 15 is 0 Å². The summed E-state index contributed by atoms with van der Waals surface area (Å²) in [6.07, 6.45) is 0.394. The van der Waals surface area contributed by atoms with Gasteiger partial charge in [-0.3, -0.25) is 4.79 Å². The first-order chi connectivity index (χ1) is 14.5. The van der Waals surface area contributed by atoms with Crippen LogP contribution >= 0.6 is 11.3 Å². The van der Waals surface area contributed by atoms with Crippen molar-refractivity contribution in [1.29, 1.82) is 0 Å². The Morgan fingerprint density at radius 2 is 1.74 bits per heavy atom. The maximum Gasteiger partial charge on any atom is 0.249 e. The van der Waals surface area contributed by atoms with Gasteiger partial charge in [-0.1, -0.05) is 18.3 Å². The smallest absolute Gasteiger partial charge is 0.249 e. The van der Waals surface area contributed by atoms with Crippen molar-refractivity contribution in [3.8, 4) is 0 Å². The van der Waals surface area contributed by atoms with Gasteiger partial charge in [-0.15, -0.1) is 0 Å². The van der Waals surface area contributed by atoms with E-state index < -0.39 is 37.3 Å². The molecule has 0 aliphatic heterocycles. The van der Waals surface area contributed by atoms with E-state index in [-0.39, 0.29) is 16.2 Å². The van der Waals surface area contributed by atoms with E-state index in [0.29, 0.717) is 21.6 Å². The van der Waals surface area contributed by atoms with Crippen molar-refractivity contribution < 1.29 is 26.0 Å². The maximum absolute atomic E-state index is 13.0. The predicted octanol–water partition coefficient (Wildman–Crippen LogP) is 2.19. The van der Waals surface area contributed by atoms with Gasteiger partial charge < -0.3 is 4.57 Å². The Kier molecular flexibility index (Phi) is 6.74. The third kappa shape index (κ3) is 5.45. The highest BCUT2D eigenvalue weighted by atomic mass is 32.2. The summed E-state index contributed by atoms with van der Waals surface area (Å²) in [5, 5.41) is 5.18. The van der Waals surface area contributed by atoms with Crippen LogP contribution in [0.1, 0.15) is 19.8 Å². The first kappa shape index (κ1) is 23.3. The summed E-state index contributed by atoms with van der Waals surface area (Å²) in [4.78, 5) is 16.7. The van der Waals surface area contributed by atoms with E-state index in [2.05, 4.69) is 4.99 Å². The van der Waals surface area contributed by atoms with Crippen LogP contribution in [0, 0.1) is 5.82 Å². The van der Waals surface area contributed by atoms with Gasteiger partial charge in [-0.25, -0.2) is 26.4 Å². The van der Waals surface area contributed by atoms with E-state index in [0.717, 1.165) is 42.0 Å². The van der Waals surface area contributed by atoms with Crippen LogP contribution in [0.25, 0.3) is 10.2 Å². The minimum atomic E-state index is -3.88. The number of hydrogen-bond acceptors (Lipinski definition) is 6. The zero-order valence-corrected chi connectivity index (χ0v) is 18.9. The van der Waals surface area contributed by atoms with E-state index in [1.54, 1.807) is 10.6 Å². The standard InChI is InChI=1S/C19H20FN3O5S3/c1-2-10-23-16-8-7-15(31(21,27)28)12-17(16)29-19(23)22-18(24)9-11-30(25,26)14-5-3-13(20)4-6-14/h3-8,12H,2,9-11H2,1H3,(H2,21,27,28). The van der Waals surface area contributed by atoms with Crippen molar-refractivity contribution >= 4 is 47.3 Å². The molecule has 0 unspecified atom stereocenters. The fourth-order valence-corrected chi connectivity index (χ4v) is 5.86. The predicted molar refractivity (Wildman–Crippen MR) is 115 cm³/mol. The quantitative estimate of drug-likeness (QED) is 0.513. The first-order valence-corrected chi connectivity index (χ1v) is 13.2. The molecule has 31 heavy (non-hydrogen) atoms. The molecule has 1 heterocycles. The molecule has 2 N–H and O–H groups in total. The average Bonchev–Trinajstić information content (AvgIpc) is 3.03. The second-order valence-electron chi connectivity index (χ2n) is 6.74. The number of primary sulfonamides is 1. The Hall–Kier alpha value is -2.41. The fraction of sp³-hybridized carbons (Fsp3) is 0.263. The van der Waals surface area contributed by atoms with Crippen LogP contribution in [0.5, 0.6) is 0 Å². The molecule has 1 amide bonds. The average molecular weight is 486 g/mol. The summed E-state index contributed by atoms with van der Waals surface area (Å²) in [7, 11) is -7.64. The van der Waals surface area contributed by atoms with Crippen LogP contribution in [-0.2, 0) is 31.2 Å². The van der Waals surface area contributed by atoms with Crippen molar-refractivity contribution in [3.05, 3.63) is 53.1 Å². The highest BCUT2D eigenvalue weighted by molar-refractivity contribution is 7.91. The number of halogens is 1. The van der Waals surface area contributed by atoms with Gasteiger partial charge in [0.2, 0.25) is 15.9 Å². The summed E-state index contributed by atoms with van der Waals surface area (Å²) in [5.41, 5.74) is 0.699. The molecule has 0 radical (unpaired) electrons. The SMILES string of the molecule is CCCn1c(=NC(=O)CCS(=O)(=O)c2ccc(F)cc2)sc2cc(S(N)(=O)=O)ccc21. The topological polar surface area (TPSA) is 129 Å². The lowest BCUT2D eigenvalue weighted by molar-refractivity contribution is -0.117. The number of nitrogens with zero attached hydrogens (tertiary/aromatic N) is 2. The van der Waals surface area contributed by atoms with Crippen molar-refractivity contribution in [3.63, 3.8) is 0 Å². The first-order valence-electron chi connectivity index (χ1n) is 9.23. The summed E-state index contributed by atoms with van der Waals surface area (Å²) < 4.78 is 63.3. The summed E-state index contributed by atoms with van der Waals surface area (Å²) in [6, 6.07) is 8.79. The number of amides is 1. The van der Waals surface area contributed by atoms with E-state index in [9.17, 15) is 26.0 Å². The number of aryl methyl sites for hydroxylation is 1. The van der Waals surface area contributed by atoms with Gasteiger partial charge in [0, 0.05) is 13.0 Å². The molecule has 0 fully saturated rings. The molecule has 3 aromatic rings. The lowest BCUT2D eigenvalue weighted by Gasteiger charge is -2.04. The molecule has 0 saturated carbocycles. The van der Waals surface area contributed by atoms with Crippen LogP contribution < -0.4 is 9.94 Å². The lowest BCUT2D eigenvalue weighted by Crippen LogP contribution is -2.18. The van der Waals surface area contributed by atoms with E-state index in [1.807, 2.05) is 6.92 Å². The third-order valence-corrected chi connectivity index (χ3v) is 8.09. The zero-order valence-electron chi connectivity index (χ0n) is 16.5. The maximum atomic E-state index is 13.0. The second kappa shape index (κ2) is 8.99. The number of sulfonamides is 1. The Balaban J connectivity index is 1.90. The van der Waals surface area contributed by atoms with Crippen LogP contribution in [0.2, 0.25) is 0 Å². The number of fused-ring (bicyclic) bond motifs is 1. The molecule has 166 valence electrons. The number of sulfone groups is 1. The van der Waals surface area contributed by atoms with Crippen LogP contribution in [-0.4, -0.2) is 33.1 Å². The number of rotatable bonds is 7. The number of aromatic nitrogens is 1. The molecule has 12 heteroatoms. The Morgan fingerprint density at radius 3 is 2.35 bits per heavy atom. The number of hydrogen-bond donors (Lipinski definition) is 1. The lowest BCUT2D eigenvalue weighted by atomic mass is 10.3. The van der Waals surface area contributed by atoms with Crippen LogP contribution in [0.4, 0.5) is 4.39 Å². The monoisotopic (exact) mass is 485 g/mol. The van der Waals surface area contributed by atoms with Crippen molar-refractivity contribution in [2.24, 2.45) is 10.1 Å². The number of benzene rings is 2. The van der Waals surface area contributed by atoms with Crippen molar-refractivity contribution in [2.45, 2.75) is 36.1 Å². The largest absolute Gasteiger partial charge is 0.316 e. The van der Waals surface area contributed by atoms with Crippen molar-refractivity contribution in [2.75, 3.05) is 5.75 Å². The normalized spacial score (nSPS) is 13.1. The van der Waals surface area contributed by atoms with E-state index in [1.165, 1.54) is 12.1 Å². The van der Waals surface area contributed by atoms with Crippen LogP contribution in [0.15, 0.2) is 57.2 Å². The summed E-state index contributed by atoms with van der Waals surface area (Å²) in [5.74, 6) is -1.65. The molecule has 2 aromatic carbocycles. The van der Waals surface area contributed by atoms with Gasteiger partial charge in [0.05, 0.1) is 25.8 Å². The summed E-state index contributed by atoms with van der Waals surface area (Å²) in [6.45, 7) is 2.48. The molecule has 0 bridgehead atoms. The fourth-order valence-electron chi connectivity index (χ4n) is 2.90. The Morgan fingerprint density at radius 1 is 1.10 bits per heavy atom. The van der Waals surface area contributed by atoms with Crippen LogP contribution in [0.3, 0.4) is 0 Å². The number of carbonyl (C=O) groups excluding carboxylic acids is 1. The number of carbonyl (C=O) groups is 1. The van der Waals surface area contributed by atoms with Gasteiger partial charge in [0.25, 0.3) is 0 Å². The highest BCUT2D eigenvalue weighted by Crippen LogP contribution is 2.21. The van der Waals surface area contributed by atoms with Gasteiger partial charge in [0.15, 0.2) is 14.6 Å². The molecule has 0 aliphatic carbocycles. The van der Waals surface area contributed by atoms with Gasteiger partial charge in [0.1, 0.15) is 5.82 Å². The van der Waals surface area contributed by atoms with Gasteiger partial charge >= 0.3 is 0 Å². The molecule has 0 atom stereocenters. The second-order valence-corrected chi connectivity index (χ2v) is 11.4. The van der Waals surface area contributed by atoms with Crippen molar-refractivity contribution in [1.82, 2.24) is 4.57 Å². The third-order valence-electron chi connectivity index (χ3n) is 4.41.